The normalized spacial score (nSPS) is 9.88. The number of nitrogens with zero attached hydrogens (tertiary/aromatic N) is 2. The van der Waals surface area contributed by atoms with Crippen LogP contribution in [0.25, 0.3) is 0 Å². The second kappa shape index (κ2) is 5.60. The Morgan fingerprint density at radius 3 is 2.81 bits per heavy atom. The molecule has 0 aliphatic rings. The largest absolute Gasteiger partial charge is 0.341 e. The van der Waals surface area contributed by atoms with Gasteiger partial charge < -0.3 is 4.90 Å². The Kier molecular flexibility index (Phi) is 4.42. The Balaban J connectivity index is 2.91. The van der Waals surface area contributed by atoms with Crippen molar-refractivity contribution in [3.8, 4) is 0 Å². The second-order valence-corrected chi connectivity index (χ2v) is 4.02. The van der Waals surface area contributed by atoms with Crippen molar-refractivity contribution in [1.29, 1.82) is 0 Å². The van der Waals surface area contributed by atoms with Crippen LogP contribution >= 0.6 is 15.9 Å². The molecular weight excluding hydrogens is 276 g/mol. The number of nitro benzene ring substituents is 1. The average molecular weight is 287 g/mol. The van der Waals surface area contributed by atoms with Crippen molar-refractivity contribution in [2.75, 3.05) is 18.9 Å². The van der Waals surface area contributed by atoms with Gasteiger partial charge in [-0.05, 0) is 6.07 Å². The van der Waals surface area contributed by atoms with E-state index in [-0.39, 0.29) is 11.6 Å². The molecule has 0 atom stereocenters. The first-order valence-electron chi connectivity index (χ1n) is 4.62. The van der Waals surface area contributed by atoms with Crippen LogP contribution in [0.4, 0.5) is 5.69 Å². The molecule has 0 fully saturated rings. The highest BCUT2D eigenvalue weighted by atomic mass is 79.9. The zero-order valence-corrected chi connectivity index (χ0v) is 10.3. The van der Waals surface area contributed by atoms with Crippen molar-refractivity contribution in [2.45, 2.75) is 0 Å². The summed E-state index contributed by atoms with van der Waals surface area (Å²) in [6.07, 6.45) is 0. The lowest BCUT2D eigenvalue weighted by molar-refractivity contribution is -0.384. The molecule has 0 aromatic heterocycles. The van der Waals surface area contributed by atoms with Crippen molar-refractivity contribution >= 4 is 27.5 Å². The lowest BCUT2D eigenvalue weighted by atomic mass is 10.2. The van der Waals surface area contributed by atoms with Gasteiger partial charge in [-0.2, -0.15) is 0 Å². The van der Waals surface area contributed by atoms with E-state index in [2.05, 4.69) is 15.9 Å². The summed E-state index contributed by atoms with van der Waals surface area (Å²) in [5.74, 6) is -0.219. The first-order valence-corrected chi connectivity index (χ1v) is 5.74. The fourth-order valence-corrected chi connectivity index (χ4v) is 1.73. The molecule has 0 aliphatic heterocycles. The molecule has 5 nitrogen and oxygen atoms in total. The summed E-state index contributed by atoms with van der Waals surface area (Å²) >= 11 is 3.23. The fraction of sp³-hybridized carbons (Fsp3) is 0.300. The topological polar surface area (TPSA) is 63.5 Å². The minimum Gasteiger partial charge on any atom is -0.341 e. The maximum absolute atomic E-state index is 11.8. The van der Waals surface area contributed by atoms with Crippen LogP contribution in [0, 0.1) is 10.1 Å². The van der Waals surface area contributed by atoms with Crippen LogP contribution in [0.3, 0.4) is 0 Å². The molecule has 1 aromatic rings. The number of hydrogen-bond acceptors (Lipinski definition) is 3. The van der Waals surface area contributed by atoms with E-state index in [1.54, 1.807) is 13.1 Å². The Labute approximate surface area is 101 Å². The van der Waals surface area contributed by atoms with Crippen molar-refractivity contribution in [3.63, 3.8) is 0 Å². The van der Waals surface area contributed by atoms with Crippen molar-refractivity contribution in [3.05, 3.63) is 39.9 Å². The number of non-ortho nitro benzene ring substituents is 1. The van der Waals surface area contributed by atoms with Gasteiger partial charge in [0.15, 0.2) is 0 Å². The van der Waals surface area contributed by atoms with Crippen LogP contribution in [-0.2, 0) is 0 Å². The monoisotopic (exact) mass is 286 g/mol. The van der Waals surface area contributed by atoms with E-state index in [1.165, 1.54) is 23.1 Å². The molecule has 1 rings (SSSR count). The first kappa shape index (κ1) is 12.6. The molecule has 1 aromatic carbocycles. The average Bonchev–Trinajstić information content (AvgIpc) is 2.28. The van der Waals surface area contributed by atoms with Gasteiger partial charge in [-0.25, -0.2) is 0 Å². The summed E-state index contributed by atoms with van der Waals surface area (Å²) in [6, 6.07) is 5.72. The fourth-order valence-electron chi connectivity index (χ4n) is 1.20. The molecule has 0 bridgehead atoms. The van der Waals surface area contributed by atoms with Gasteiger partial charge in [0.1, 0.15) is 0 Å². The predicted octanol–water partition coefficient (Wildman–Crippen LogP) is 2.06. The molecule has 0 heterocycles. The summed E-state index contributed by atoms with van der Waals surface area (Å²) in [5, 5.41) is 11.2. The molecule has 16 heavy (non-hydrogen) atoms. The van der Waals surface area contributed by atoms with Crippen LogP contribution in [0.15, 0.2) is 24.3 Å². The minimum atomic E-state index is -0.513. The van der Waals surface area contributed by atoms with Gasteiger partial charge in [-0.1, -0.05) is 22.0 Å². The molecule has 0 aliphatic carbocycles. The van der Waals surface area contributed by atoms with E-state index >= 15 is 0 Å². The third-order valence-electron chi connectivity index (χ3n) is 2.07. The number of alkyl halides is 1. The van der Waals surface area contributed by atoms with Gasteiger partial charge in [0.25, 0.3) is 11.6 Å². The third kappa shape index (κ3) is 3.03. The van der Waals surface area contributed by atoms with Gasteiger partial charge >= 0.3 is 0 Å². The summed E-state index contributed by atoms with van der Waals surface area (Å²) < 4.78 is 0. The summed E-state index contributed by atoms with van der Waals surface area (Å²) in [7, 11) is 1.66. The molecule has 0 saturated carbocycles. The summed E-state index contributed by atoms with van der Waals surface area (Å²) in [4.78, 5) is 23.3. The van der Waals surface area contributed by atoms with Crippen molar-refractivity contribution in [2.24, 2.45) is 0 Å². The van der Waals surface area contributed by atoms with Crippen LogP contribution in [0.5, 0.6) is 0 Å². The standard InChI is InChI=1S/C10H11BrN2O3/c1-12(6-5-11)10(14)8-3-2-4-9(7-8)13(15)16/h2-4,7H,5-6H2,1H3. The number of rotatable bonds is 4. The molecular formula is C10H11BrN2O3. The van der Waals surface area contributed by atoms with Gasteiger partial charge in [-0.3, -0.25) is 14.9 Å². The molecule has 1 amide bonds. The Morgan fingerprint density at radius 2 is 2.25 bits per heavy atom. The SMILES string of the molecule is CN(CCBr)C(=O)c1cccc([N+](=O)[O-])c1. The number of carbonyl (C=O) groups is 1. The molecule has 0 spiro atoms. The number of nitro groups is 1. The van der Waals surface area contributed by atoms with E-state index in [4.69, 9.17) is 0 Å². The van der Waals surface area contributed by atoms with Crippen LogP contribution in [0.1, 0.15) is 10.4 Å². The maximum atomic E-state index is 11.8. The predicted molar refractivity (Wildman–Crippen MR) is 63.9 cm³/mol. The highest BCUT2D eigenvalue weighted by Crippen LogP contribution is 2.14. The number of benzene rings is 1. The Morgan fingerprint density at radius 1 is 1.56 bits per heavy atom. The number of halogens is 1. The Bertz CT molecular complexity index is 409. The van der Waals surface area contributed by atoms with Gasteiger partial charge in [0, 0.05) is 36.6 Å². The summed E-state index contributed by atoms with van der Waals surface area (Å²) in [6.45, 7) is 0.557. The third-order valence-corrected chi connectivity index (χ3v) is 2.43. The molecule has 0 radical (unpaired) electrons. The maximum Gasteiger partial charge on any atom is 0.270 e. The van der Waals surface area contributed by atoms with Crippen LogP contribution in [0.2, 0.25) is 0 Å². The molecule has 6 heteroatoms. The Hall–Kier alpha value is -1.43. The van der Waals surface area contributed by atoms with Crippen LogP contribution in [-0.4, -0.2) is 34.7 Å². The van der Waals surface area contributed by atoms with Crippen molar-refractivity contribution < 1.29 is 9.72 Å². The number of hydrogen-bond donors (Lipinski definition) is 0. The highest BCUT2D eigenvalue weighted by Gasteiger charge is 2.14. The van der Waals surface area contributed by atoms with E-state index in [9.17, 15) is 14.9 Å². The minimum absolute atomic E-state index is 0.0712. The van der Waals surface area contributed by atoms with Gasteiger partial charge in [0.2, 0.25) is 0 Å². The van der Waals surface area contributed by atoms with Gasteiger partial charge in [-0.15, -0.1) is 0 Å². The zero-order chi connectivity index (χ0) is 12.1. The van der Waals surface area contributed by atoms with Crippen LogP contribution < -0.4 is 0 Å². The van der Waals surface area contributed by atoms with E-state index in [1.807, 2.05) is 0 Å². The number of carbonyl (C=O) groups excluding carboxylic acids is 1. The highest BCUT2D eigenvalue weighted by molar-refractivity contribution is 9.09. The lowest BCUT2D eigenvalue weighted by Crippen LogP contribution is -2.28. The van der Waals surface area contributed by atoms with Gasteiger partial charge in [0.05, 0.1) is 4.92 Å². The molecule has 86 valence electrons. The van der Waals surface area contributed by atoms with E-state index < -0.39 is 4.92 Å². The summed E-state index contributed by atoms with van der Waals surface area (Å²) in [5.41, 5.74) is 0.260. The van der Waals surface area contributed by atoms with Crippen molar-refractivity contribution in [1.82, 2.24) is 4.90 Å². The van der Waals surface area contributed by atoms with E-state index in [0.29, 0.717) is 17.4 Å². The first-order chi connectivity index (χ1) is 7.56. The second-order valence-electron chi connectivity index (χ2n) is 3.22. The quantitative estimate of drug-likeness (QED) is 0.483. The molecule has 0 unspecified atom stereocenters. The smallest absolute Gasteiger partial charge is 0.270 e. The molecule has 0 N–H and O–H groups in total. The lowest BCUT2D eigenvalue weighted by Gasteiger charge is -2.15. The zero-order valence-electron chi connectivity index (χ0n) is 8.72. The molecule has 0 saturated heterocycles. The van der Waals surface area contributed by atoms with E-state index in [0.717, 1.165) is 0 Å². The number of amides is 1.